The first kappa shape index (κ1) is 12.0. The number of carboxylic acid groups (broad SMARTS) is 1. The number of nitrogens with one attached hydrogen (secondary N) is 1. The van der Waals surface area contributed by atoms with Gasteiger partial charge in [0.1, 0.15) is 6.33 Å². The third-order valence-electron chi connectivity index (χ3n) is 2.71. The lowest BCUT2D eigenvalue weighted by Crippen LogP contribution is -2.09. The highest BCUT2D eigenvalue weighted by molar-refractivity contribution is 5.88. The van der Waals surface area contributed by atoms with E-state index in [4.69, 9.17) is 10.9 Å². The molecule has 0 saturated heterocycles. The van der Waals surface area contributed by atoms with Crippen LogP contribution in [0.1, 0.15) is 10.4 Å². The molecule has 0 atom stereocenters. The van der Waals surface area contributed by atoms with Crippen LogP contribution in [0.4, 0.5) is 5.82 Å². The van der Waals surface area contributed by atoms with E-state index in [0.717, 1.165) is 0 Å². The quantitative estimate of drug-likeness (QED) is 0.454. The Bertz CT molecular complexity index is 781. The summed E-state index contributed by atoms with van der Waals surface area (Å²) in [6.45, 7) is 0. The third-order valence-corrected chi connectivity index (χ3v) is 2.71. The molecule has 3 aromatic rings. The Morgan fingerprint density at radius 3 is 2.75 bits per heavy atom. The summed E-state index contributed by atoms with van der Waals surface area (Å²) in [6, 6.07) is 3.00. The minimum absolute atomic E-state index is 0.101. The maximum absolute atomic E-state index is 10.8. The van der Waals surface area contributed by atoms with Gasteiger partial charge in [-0.2, -0.15) is 9.78 Å². The van der Waals surface area contributed by atoms with Crippen molar-refractivity contribution in [3.63, 3.8) is 0 Å². The number of nitrogen functional groups attached to an aromatic ring is 1. The van der Waals surface area contributed by atoms with Gasteiger partial charge >= 0.3 is 5.97 Å². The van der Waals surface area contributed by atoms with Crippen LogP contribution in [0.3, 0.4) is 0 Å². The number of pyridine rings is 1. The van der Waals surface area contributed by atoms with Crippen LogP contribution in [0.15, 0.2) is 30.9 Å². The van der Waals surface area contributed by atoms with E-state index >= 15 is 0 Å². The highest BCUT2D eigenvalue weighted by Gasteiger charge is 2.11. The molecule has 0 unspecified atom stereocenters. The number of nitrogens with two attached hydrogens (primary N) is 1. The van der Waals surface area contributed by atoms with Gasteiger partial charge in [-0.05, 0) is 12.1 Å². The molecular formula is C11H9N7O2. The number of carbonyl (C=O) groups is 1. The zero-order valence-electron chi connectivity index (χ0n) is 10.1. The van der Waals surface area contributed by atoms with E-state index in [-0.39, 0.29) is 5.56 Å². The second-order valence-electron chi connectivity index (χ2n) is 3.87. The lowest BCUT2D eigenvalue weighted by molar-refractivity contribution is 0.0696. The van der Waals surface area contributed by atoms with Crippen LogP contribution in [0, 0.1) is 0 Å². The van der Waals surface area contributed by atoms with Crippen LogP contribution < -0.4 is 11.3 Å². The normalized spacial score (nSPS) is 10.7. The maximum atomic E-state index is 10.8. The summed E-state index contributed by atoms with van der Waals surface area (Å²) in [5.74, 6) is 5.22. The molecule has 0 aliphatic heterocycles. The molecule has 0 bridgehead atoms. The molecule has 0 radical (unpaired) electrons. The van der Waals surface area contributed by atoms with Crippen LogP contribution in [-0.4, -0.2) is 35.8 Å². The van der Waals surface area contributed by atoms with Gasteiger partial charge in [-0.15, -0.1) is 0 Å². The van der Waals surface area contributed by atoms with Crippen molar-refractivity contribution in [1.29, 1.82) is 0 Å². The minimum atomic E-state index is -1.04. The number of hydrogen-bond donors (Lipinski definition) is 3. The fraction of sp³-hybridized carbons (Fsp3) is 0. The molecule has 3 rings (SSSR count). The number of nitrogens with zero attached hydrogens (tertiary/aromatic N) is 5. The van der Waals surface area contributed by atoms with Gasteiger partial charge in [0, 0.05) is 6.20 Å². The number of anilines is 1. The van der Waals surface area contributed by atoms with E-state index < -0.39 is 5.97 Å². The molecule has 9 heteroatoms. The monoisotopic (exact) mass is 271 g/mol. The van der Waals surface area contributed by atoms with Crippen molar-refractivity contribution in [3.05, 3.63) is 36.4 Å². The molecule has 0 spiro atoms. The highest BCUT2D eigenvalue weighted by Crippen LogP contribution is 2.19. The van der Waals surface area contributed by atoms with Crippen molar-refractivity contribution in [1.82, 2.24) is 24.7 Å². The van der Waals surface area contributed by atoms with Crippen molar-refractivity contribution >= 4 is 22.8 Å². The van der Waals surface area contributed by atoms with Crippen LogP contribution in [0.5, 0.6) is 0 Å². The van der Waals surface area contributed by atoms with E-state index in [9.17, 15) is 4.79 Å². The second-order valence-corrected chi connectivity index (χ2v) is 3.87. The first-order valence-corrected chi connectivity index (χ1v) is 5.56. The van der Waals surface area contributed by atoms with E-state index in [2.05, 4.69) is 25.5 Å². The first-order valence-electron chi connectivity index (χ1n) is 5.56. The molecule has 3 heterocycles. The fourth-order valence-corrected chi connectivity index (χ4v) is 1.76. The van der Waals surface area contributed by atoms with Crippen LogP contribution in [-0.2, 0) is 0 Å². The van der Waals surface area contributed by atoms with Crippen molar-refractivity contribution in [2.45, 2.75) is 0 Å². The molecule has 0 aliphatic carbocycles. The molecule has 0 aromatic carbocycles. The van der Waals surface area contributed by atoms with Gasteiger partial charge in [0.25, 0.3) is 0 Å². The van der Waals surface area contributed by atoms with E-state index in [0.29, 0.717) is 22.7 Å². The van der Waals surface area contributed by atoms with Gasteiger partial charge in [0.15, 0.2) is 17.3 Å². The Balaban J connectivity index is 2.12. The van der Waals surface area contributed by atoms with Crippen molar-refractivity contribution in [2.24, 2.45) is 5.84 Å². The predicted molar refractivity (Wildman–Crippen MR) is 69.2 cm³/mol. The lowest BCUT2D eigenvalue weighted by atomic mass is 10.3. The molecule has 20 heavy (non-hydrogen) atoms. The minimum Gasteiger partial charge on any atom is -0.478 e. The number of carboxylic acids is 1. The van der Waals surface area contributed by atoms with Gasteiger partial charge in [-0.1, -0.05) is 0 Å². The largest absolute Gasteiger partial charge is 0.478 e. The van der Waals surface area contributed by atoms with Gasteiger partial charge in [-0.3, -0.25) is 0 Å². The molecule has 4 N–H and O–H groups in total. The average molecular weight is 271 g/mol. The number of hydrogen-bond acceptors (Lipinski definition) is 7. The molecule has 0 amide bonds. The summed E-state index contributed by atoms with van der Waals surface area (Å²) in [5.41, 5.74) is 3.07. The lowest BCUT2D eigenvalue weighted by Gasteiger charge is -2.03. The summed E-state index contributed by atoms with van der Waals surface area (Å²) in [4.78, 5) is 22.9. The van der Waals surface area contributed by atoms with Crippen molar-refractivity contribution < 1.29 is 9.90 Å². The second kappa shape index (κ2) is 4.55. The molecule has 0 saturated carbocycles. The van der Waals surface area contributed by atoms with E-state index in [1.165, 1.54) is 23.3 Å². The number of aromatic nitrogens is 5. The standard InChI is InChI=1S/C11H9N7O2/c12-17-9-7-4-16-18(10(7)15-5-14-9)8-2-1-6(3-13-8)11(19)20/h1-5H,12H2,(H,19,20)(H,14,15,17). The highest BCUT2D eigenvalue weighted by atomic mass is 16.4. The Kier molecular flexibility index (Phi) is 2.73. The number of aromatic carboxylic acids is 1. The topological polar surface area (TPSA) is 132 Å². The van der Waals surface area contributed by atoms with Gasteiger partial charge in [0.2, 0.25) is 0 Å². The first-order chi connectivity index (χ1) is 9.70. The van der Waals surface area contributed by atoms with Crippen LogP contribution in [0.25, 0.3) is 16.9 Å². The van der Waals surface area contributed by atoms with E-state index in [1.54, 1.807) is 12.3 Å². The molecule has 0 aliphatic rings. The van der Waals surface area contributed by atoms with Crippen LogP contribution in [0.2, 0.25) is 0 Å². The SMILES string of the molecule is NNc1ncnc2c1cnn2-c1ccc(C(=O)O)cn1. The Morgan fingerprint density at radius 2 is 2.10 bits per heavy atom. The maximum Gasteiger partial charge on any atom is 0.337 e. The third kappa shape index (κ3) is 1.82. The van der Waals surface area contributed by atoms with Gasteiger partial charge in [0.05, 0.1) is 17.1 Å². The van der Waals surface area contributed by atoms with Gasteiger partial charge < -0.3 is 10.5 Å². The number of fused-ring (bicyclic) bond motifs is 1. The number of rotatable bonds is 3. The fourth-order valence-electron chi connectivity index (χ4n) is 1.76. The Morgan fingerprint density at radius 1 is 1.25 bits per heavy atom. The Hall–Kier alpha value is -3.07. The summed E-state index contributed by atoms with van der Waals surface area (Å²) < 4.78 is 1.48. The summed E-state index contributed by atoms with van der Waals surface area (Å²) >= 11 is 0. The number of hydrazine groups is 1. The Labute approximate surface area is 112 Å². The van der Waals surface area contributed by atoms with E-state index in [1.807, 2.05) is 0 Å². The molecule has 100 valence electrons. The van der Waals surface area contributed by atoms with Crippen LogP contribution >= 0.6 is 0 Å². The van der Waals surface area contributed by atoms with Crippen molar-refractivity contribution in [3.8, 4) is 5.82 Å². The molecule has 9 nitrogen and oxygen atoms in total. The summed E-state index contributed by atoms with van der Waals surface area (Å²) in [7, 11) is 0. The zero-order chi connectivity index (χ0) is 14.1. The smallest absolute Gasteiger partial charge is 0.337 e. The summed E-state index contributed by atoms with van der Waals surface area (Å²) in [5, 5.41) is 13.6. The van der Waals surface area contributed by atoms with Crippen molar-refractivity contribution in [2.75, 3.05) is 5.43 Å². The van der Waals surface area contributed by atoms with Gasteiger partial charge in [-0.25, -0.2) is 25.6 Å². The molecular weight excluding hydrogens is 262 g/mol. The predicted octanol–water partition coefficient (Wildman–Crippen LogP) is 0.194. The zero-order valence-corrected chi connectivity index (χ0v) is 10.1. The molecule has 0 fully saturated rings. The molecule has 3 aromatic heterocycles. The summed E-state index contributed by atoms with van der Waals surface area (Å²) in [6.07, 6.45) is 4.16. The average Bonchev–Trinajstić information content (AvgIpc) is 2.91.